The van der Waals surface area contributed by atoms with Gasteiger partial charge in [-0.25, -0.2) is 0 Å². The maximum atomic E-state index is 12.4. The molecule has 0 bridgehead atoms. The van der Waals surface area contributed by atoms with Gasteiger partial charge in [-0.15, -0.1) is 0 Å². The molecule has 1 aromatic rings. The molecule has 1 aromatic carbocycles. The molecule has 4 nitrogen and oxygen atoms in total. The molecule has 0 aliphatic carbocycles. The van der Waals surface area contributed by atoms with Crippen LogP contribution in [-0.2, 0) is 19.7 Å². The molecule has 2 rings (SSSR count). The lowest BCUT2D eigenvalue weighted by Gasteiger charge is -2.35. The van der Waals surface area contributed by atoms with Gasteiger partial charge in [0.2, 0.25) is 0 Å². The lowest BCUT2D eigenvalue weighted by atomic mass is 9.74. The number of ether oxygens (including phenoxy) is 3. The first-order chi connectivity index (χ1) is 9.23. The van der Waals surface area contributed by atoms with Gasteiger partial charge >= 0.3 is 5.97 Å². The zero-order chi connectivity index (χ0) is 13.7. The Kier molecular flexibility index (Phi) is 4.43. The molecule has 0 aromatic heterocycles. The van der Waals surface area contributed by atoms with E-state index in [1.165, 1.54) is 0 Å². The van der Waals surface area contributed by atoms with Crippen molar-refractivity contribution in [2.24, 2.45) is 0 Å². The smallest absolute Gasteiger partial charge is 0.316 e. The number of carbonyl (C=O) groups is 1. The Morgan fingerprint density at radius 2 is 1.89 bits per heavy atom. The molecule has 0 saturated carbocycles. The third-order valence-electron chi connectivity index (χ3n) is 3.66. The van der Waals surface area contributed by atoms with E-state index in [2.05, 4.69) is 0 Å². The third-order valence-corrected chi connectivity index (χ3v) is 3.66. The molecule has 0 radical (unpaired) electrons. The summed E-state index contributed by atoms with van der Waals surface area (Å²) in [5, 5.41) is 0. The highest BCUT2D eigenvalue weighted by atomic mass is 16.5. The Balaban J connectivity index is 2.32. The first-order valence-electron chi connectivity index (χ1n) is 6.62. The van der Waals surface area contributed by atoms with E-state index in [9.17, 15) is 4.79 Å². The zero-order valence-corrected chi connectivity index (χ0v) is 11.5. The van der Waals surface area contributed by atoms with Gasteiger partial charge in [-0.3, -0.25) is 4.79 Å². The van der Waals surface area contributed by atoms with Gasteiger partial charge in [0.15, 0.2) is 0 Å². The number of benzene rings is 1. The molecule has 4 heteroatoms. The van der Waals surface area contributed by atoms with Crippen LogP contribution in [0, 0.1) is 0 Å². The van der Waals surface area contributed by atoms with Crippen LogP contribution in [0.4, 0.5) is 0 Å². The quantitative estimate of drug-likeness (QED) is 0.783. The minimum absolute atomic E-state index is 0.150. The SMILES string of the molecule is CCOC(=O)C1(c2ccc(OC)cc2)CCOCC1. The first kappa shape index (κ1) is 13.9. The summed E-state index contributed by atoms with van der Waals surface area (Å²) in [7, 11) is 1.63. The Morgan fingerprint density at radius 3 is 2.42 bits per heavy atom. The summed E-state index contributed by atoms with van der Waals surface area (Å²) >= 11 is 0. The molecular formula is C15H20O4. The minimum Gasteiger partial charge on any atom is -0.497 e. The number of methoxy groups -OCH3 is 1. The van der Waals surface area contributed by atoms with E-state index >= 15 is 0 Å². The van der Waals surface area contributed by atoms with Gasteiger partial charge in [-0.05, 0) is 37.5 Å². The molecule has 0 unspecified atom stereocenters. The summed E-state index contributed by atoms with van der Waals surface area (Å²) in [6.45, 7) is 3.41. The van der Waals surface area contributed by atoms with Crippen molar-refractivity contribution in [3.63, 3.8) is 0 Å². The Morgan fingerprint density at radius 1 is 1.26 bits per heavy atom. The van der Waals surface area contributed by atoms with Crippen molar-refractivity contribution in [1.29, 1.82) is 0 Å². The van der Waals surface area contributed by atoms with E-state index < -0.39 is 5.41 Å². The summed E-state index contributed by atoms with van der Waals surface area (Å²) in [6.07, 6.45) is 1.33. The predicted octanol–water partition coefficient (Wildman–Crippen LogP) is 2.31. The van der Waals surface area contributed by atoms with Crippen LogP contribution in [0.25, 0.3) is 0 Å². The summed E-state index contributed by atoms with van der Waals surface area (Å²) in [4.78, 5) is 12.4. The van der Waals surface area contributed by atoms with Gasteiger partial charge in [-0.2, -0.15) is 0 Å². The maximum Gasteiger partial charge on any atom is 0.316 e. The van der Waals surface area contributed by atoms with E-state index in [0.717, 1.165) is 11.3 Å². The predicted molar refractivity (Wildman–Crippen MR) is 71.4 cm³/mol. The average molecular weight is 264 g/mol. The standard InChI is InChI=1S/C15H20O4/c1-3-19-14(16)15(8-10-18-11-9-15)12-4-6-13(17-2)7-5-12/h4-7H,3,8-11H2,1-2H3. The van der Waals surface area contributed by atoms with Gasteiger partial charge in [0.05, 0.1) is 19.1 Å². The van der Waals surface area contributed by atoms with Crippen molar-refractivity contribution in [2.75, 3.05) is 26.9 Å². The summed E-state index contributed by atoms with van der Waals surface area (Å²) in [5.41, 5.74) is 0.413. The average Bonchev–Trinajstić information content (AvgIpc) is 2.48. The molecule has 19 heavy (non-hydrogen) atoms. The fourth-order valence-electron chi connectivity index (χ4n) is 2.51. The van der Waals surface area contributed by atoms with E-state index in [4.69, 9.17) is 14.2 Å². The van der Waals surface area contributed by atoms with Crippen molar-refractivity contribution >= 4 is 5.97 Å². The second-order valence-corrected chi connectivity index (χ2v) is 4.64. The van der Waals surface area contributed by atoms with E-state index in [-0.39, 0.29) is 5.97 Å². The van der Waals surface area contributed by atoms with Crippen LogP contribution in [0.3, 0.4) is 0 Å². The molecule has 0 atom stereocenters. The van der Waals surface area contributed by atoms with Crippen molar-refractivity contribution in [1.82, 2.24) is 0 Å². The van der Waals surface area contributed by atoms with Gasteiger partial charge in [0.25, 0.3) is 0 Å². The van der Waals surface area contributed by atoms with E-state index in [1.807, 2.05) is 31.2 Å². The number of carbonyl (C=O) groups excluding carboxylic acids is 1. The molecule has 1 aliphatic heterocycles. The van der Waals surface area contributed by atoms with E-state index in [0.29, 0.717) is 32.7 Å². The van der Waals surface area contributed by atoms with Crippen LogP contribution in [0.5, 0.6) is 5.75 Å². The van der Waals surface area contributed by atoms with Crippen molar-refractivity contribution in [3.05, 3.63) is 29.8 Å². The highest BCUT2D eigenvalue weighted by Crippen LogP contribution is 2.36. The number of esters is 1. The second kappa shape index (κ2) is 6.06. The van der Waals surface area contributed by atoms with Gasteiger partial charge < -0.3 is 14.2 Å². The van der Waals surface area contributed by atoms with Crippen LogP contribution in [0.1, 0.15) is 25.3 Å². The van der Waals surface area contributed by atoms with Crippen molar-refractivity contribution in [2.45, 2.75) is 25.2 Å². The van der Waals surface area contributed by atoms with Crippen LogP contribution in [0.15, 0.2) is 24.3 Å². The molecule has 1 saturated heterocycles. The topological polar surface area (TPSA) is 44.8 Å². The summed E-state index contributed by atoms with van der Waals surface area (Å²) in [6, 6.07) is 7.65. The van der Waals surface area contributed by atoms with Crippen LogP contribution in [0.2, 0.25) is 0 Å². The fraction of sp³-hybridized carbons (Fsp3) is 0.533. The highest BCUT2D eigenvalue weighted by Gasteiger charge is 2.43. The normalized spacial score (nSPS) is 17.8. The summed E-state index contributed by atoms with van der Waals surface area (Å²) in [5.74, 6) is 0.637. The zero-order valence-electron chi connectivity index (χ0n) is 11.5. The first-order valence-corrected chi connectivity index (χ1v) is 6.62. The lowest BCUT2D eigenvalue weighted by molar-refractivity contribution is -0.154. The Hall–Kier alpha value is -1.55. The van der Waals surface area contributed by atoms with Crippen LogP contribution >= 0.6 is 0 Å². The van der Waals surface area contributed by atoms with Crippen molar-refractivity contribution in [3.8, 4) is 5.75 Å². The highest BCUT2D eigenvalue weighted by molar-refractivity contribution is 5.83. The number of hydrogen-bond acceptors (Lipinski definition) is 4. The molecule has 1 fully saturated rings. The Labute approximate surface area is 113 Å². The molecule has 0 amide bonds. The molecular weight excluding hydrogens is 244 g/mol. The lowest BCUT2D eigenvalue weighted by Crippen LogP contribution is -2.42. The van der Waals surface area contributed by atoms with Gasteiger partial charge in [0.1, 0.15) is 5.75 Å². The van der Waals surface area contributed by atoms with E-state index in [1.54, 1.807) is 7.11 Å². The monoisotopic (exact) mass is 264 g/mol. The molecule has 104 valence electrons. The maximum absolute atomic E-state index is 12.4. The van der Waals surface area contributed by atoms with Crippen LogP contribution in [-0.4, -0.2) is 32.9 Å². The van der Waals surface area contributed by atoms with Gasteiger partial charge in [-0.1, -0.05) is 12.1 Å². The second-order valence-electron chi connectivity index (χ2n) is 4.64. The summed E-state index contributed by atoms with van der Waals surface area (Å²) < 4.78 is 15.8. The molecule has 1 heterocycles. The Bertz CT molecular complexity index is 418. The van der Waals surface area contributed by atoms with Crippen molar-refractivity contribution < 1.29 is 19.0 Å². The third kappa shape index (κ3) is 2.73. The fourth-order valence-corrected chi connectivity index (χ4v) is 2.51. The molecule has 1 aliphatic rings. The van der Waals surface area contributed by atoms with Crippen LogP contribution < -0.4 is 4.74 Å². The minimum atomic E-state index is -0.569. The van der Waals surface area contributed by atoms with Gasteiger partial charge in [0, 0.05) is 13.2 Å². The molecule has 0 spiro atoms. The molecule has 0 N–H and O–H groups in total. The number of hydrogen-bond donors (Lipinski definition) is 0. The number of rotatable bonds is 4. The largest absolute Gasteiger partial charge is 0.497 e.